The zero-order valence-electron chi connectivity index (χ0n) is 10.9. The van der Waals surface area contributed by atoms with E-state index in [1.54, 1.807) is 24.3 Å². The number of thiophene rings is 1. The van der Waals surface area contributed by atoms with Crippen LogP contribution in [-0.2, 0) is 11.3 Å². The smallest absolute Gasteiger partial charge is 0.328 e. The number of anilines is 1. The zero-order chi connectivity index (χ0) is 14.5. The Morgan fingerprint density at radius 1 is 1.45 bits per heavy atom. The highest BCUT2D eigenvalue weighted by Gasteiger charge is 2.08. The maximum absolute atomic E-state index is 13.6. The molecule has 0 aliphatic carbocycles. The van der Waals surface area contributed by atoms with Gasteiger partial charge in [0.15, 0.2) is 0 Å². The molecular formula is C15H14FNO2S. The molecule has 1 aromatic heterocycles. The second-order valence-corrected chi connectivity index (χ2v) is 5.32. The molecular weight excluding hydrogens is 277 g/mol. The lowest BCUT2D eigenvalue weighted by molar-refractivity contribution is -0.131. The van der Waals surface area contributed by atoms with Gasteiger partial charge < -0.3 is 10.0 Å². The Kier molecular flexibility index (Phi) is 4.53. The minimum absolute atomic E-state index is 0.252. The Labute approximate surface area is 120 Å². The Balaban J connectivity index is 2.07. The van der Waals surface area contributed by atoms with E-state index in [9.17, 15) is 9.18 Å². The van der Waals surface area contributed by atoms with Crippen LogP contribution in [0.25, 0.3) is 6.08 Å². The quantitative estimate of drug-likeness (QED) is 0.855. The van der Waals surface area contributed by atoms with E-state index in [0.29, 0.717) is 12.2 Å². The molecule has 2 aromatic rings. The van der Waals surface area contributed by atoms with E-state index in [4.69, 9.17) is 5.11 Å². The molecule has 0 amide bonds. The Morgan fingerprint density at radius 2 is 2.20 bits per heavy atom. The summed E-state index contributed by atoms with van der Waals surface area (Å²) in [7, 11) is 1.82. The molecule has 104 valence electrons. The molecule has 0 unspecified atom stereocenters. The lowest BCUT2D eigenvalue weighted by atomic mass is 10.2. The van der Waals surface area contributed by atoms with Gasteiger partial charge in [-0.2, -0.15) is 0 Å². The minimum atomic E-state index is -0.971. The topological polar surface area (TPSA) is 40.5 Å². The first kappa shape index (κ1) is 14.3. The first-order valence-electron chi connectivity index (χ1n) is 6.00. The van der Waals surface area contributed by atoms with Crippen LogP contribution in [0.5, 0.6) is 0 Å². The molecule has 0 aliphatic heterocycles. The minimum Gasteiger partial charge on any atom is -0.478 e. The standard InChI is InChI=1S/C15H14FNO2S/c1-17(14-5-3-2-4-13(14)16)9-12-8-11(10-20-12)6-7-15(18)19/h2-8,10H,9H2,1H3,(H,18,19). The van der Waals surface area contributed by atoms with E-state index >= 15 is 0 Å². The highest BCUT2D eigenvalue weighted by Crippen LogP contribution is 2.22. The molecule has 1 N–H and O–H groups in total. The number of carboxylic acids is 1. The zero-order valence-corrected chi connectivity index (χ0v) is 11.7. The molecule has 0 atom stereocenters. The highest BCUT2D eigenvalue weighted by molar-refractivity contribution is 7.10. The number of carbonyl (C=O) groups is 1. The Morgan fingerprint density at radius 3 is 2.90 bits per heavy atom. The predicted octanol–water partition coefficient (Wildman–Crippen LogP) is 3.62. The summed E-state index contributed by atoms with van der Waals surface area (Å²) >= 11 is 1.52. The third-order valence-electron chi connectivity index (χ3n) is 2.75. The van der Waals surface area contributed by atoms with Crippen molar-refractivity contribution in [2.75, 3.05) is 11.9 Å². The summed E-state index contributed by atoms with van der Waals surface area (Å²) < 4.78 is 13.6. The van der Waals surface area contributed by atoms with Gasteiger partial charge in [0.05, 0.1) is 12.2 Å². The van der Waals surface area contributed by atoms with Crippen molar-refractivity contribution >= 4 is 29.1 Å². The van der Waals surface area contributed by atoms with Crippen LogP contribution in [0.1, 0.15) is 10.4 Å². The first-order chi connectivity index (χ1) is 9.56. The van der Waals surface area contributed by atoms with Crippen LogP contribution in [0.4, 0.5) is 10.1 Å². The fourth-order valence-electron chi connectivity index (χ4n) is 1.82. The lowest BCUT2D eigenvalue weighted by Gasteiger charge is -2.18. The van der Waals surface area contributed by atoms with Gasteiger partial charge >= 0.3 is 5.97 Å². The Hall–Kier alpha value is -2.14. The SMILES string of the molecule is CN(Cc1cc(C=CC(=O)O)cs1)c1ccccc1F. The van der Waals surface area contributed by atoms with Gasteiger partial charge in [0.2, 0.25) is 0 Å². The van der Waals surface area contributed by atoms with Gasteiger partial charge in [0.25, 0.3) is 0 Å². The van der Waals surface area contributed by atoms with Crippen molar-refractivity contribution in [1.29, 1.82) is 0 Å². The van der Waals surface area contributed by atoms with Gasteiger partial charge in [0, 0.05) is 18.0 Å². The van der Waals surface area contributed by atoms with Crippen LogP contribution in [0.15, 0.2) is 41.8 Å². The number of hydrogen-bond donors (Lipinski definition) is 1. The second kappa shape index (κ2) is 6.34. The van der Waals surface area contributed by atoms with Crippen LogP contribution < -0.4 is 4.90 Å². The molecule has 0 fully saturated rings. The molecule has 0 spiro atoms. The summed E-state index contributed by atoms with van der Waals surface area (Å²) in [6, 6.07) is 8.52. The van der Waals surface area contributed by atoms with Crippen LogP contribution in [0.2, 0.25) is 0 Å². The molecule has 5 heteroatoms. The van der Waals surface area contributed by atoms with Gasteiger partial charge in [-0.15, -0.1) is 11.3 Å². The van der Waals surface area contributed by atoms with E-state index < -0.39 is 5.97 Å². The molecule has 0 saturated heterocycles. The average molecular weight is 291 g/mol. The van der Waals surface area contributed by atoms with Crippen molar-refractivity contribution in [3.8, 4) is 0 Å². The molecule has 3 nitrogen and oxygen atoms in total. The normalized spacial score (nSPS) is 10.9. The summed E-state index contributed by atoms with van der Waals surface area (Å²) in [5.41, 5.74) is 1.39. The van der Waals surface area contributed by atoms with Crippen molar-refractivity contribution in [3.05, 3.63) is 58.0 Å². The number of nitrogens with zero attached hydrogens (tertiary/aromatic N) is 1. The van der Waals surface area contributed by atoms with E-state index in [0.717, 1.165) is 16.5 Å². The largest absolute Gasteiger partial charge is 0.478 e. The summed E-state index contributed by atoms with van der Waals surface area (Å²) in [5.74, 6) is -1.22. The van der Waals surface area contributed by atoms with Crippen LogP contribution >= 0.6 is 11.3 Å². The van der Waals surface area contributed by atoms with Crippen molar-refractivity contribution < 1.29 is 14.3 Å². The van der Waals surface area contributed by atoms with Crippen molar-refractivity contribution in [2.24, 2.45) is 0 Å². The van der Waals surface area contributed by atoms with Crippen molar-refractivity contribution in [1.82, 2.24) is 0 Å². The molecule has 1 aromatic carbocycles. The summed E-state index contributed by atoms with van der Waals surface area (Å²) in [6.07, 6.45) is 2.65. The number of benzene rings is 1. The molecule has 0 bridgehead atoms. The fourth-order valence-corrected chi connectivity index (χ4v) is 2.72. The maximum atomic E-state index is 13.6. The first-order valence-corrected chi connectivity index (χ1v) is 6.88. The monoisotopic (exact) mass is 291 g/mol. The average Bonchev–Trinajstić information content (AvgIpc) is 2.84. The number of rotatable bonds is 5. The van der Waals surface area contributed by atoms with Gasteiger partial charge in [-0.3, -0.25) is 0 Å². The number of carboxylic acid groups (broad SMARTS) is 1. The third kappa shape index (κ3) is 3.68. The van der Waals surface area contributed by atoms with Gasteiger partial charge in [-0.25, -0.2) is 9.18 Å². The molecule has 0 saturated carbocycles. The van der Waals surface area contributed by atoms with E-state index in [2.05, 4.69) is 0 Å². The summed E-state index contributed by atoms with van der Waals surface area (Å²) in [4.78, 5) is 13.3. The Bertz CT molecular complexity index is 636. The molecule has 0 aliphatic rings. The highest BCUT2D eigenvalue weighted by atomic mass is 32.1. The van der Waals surface area contributed by atoms with Gasteiger partial charge in [-0.1, -0.05) is 12.1 Å². The molecule has 2 rings (SSSR count). The van der Waals surface area contributed by atoms with Crippen LogP contribution in [0, 0.1) is 5.82 Å². The number of hydrogen-bond acceptors (Lipinski definition) is 3. The van der Waals surface area contributed by atoms with E-state index in [1.807, 2.05) is 23.4 Å². The maximum Gasteiger partial charge on any atom is 0.328 e. The lowest BCUT2D eigenvalue weighted by Crippen LogP contribution is -2.16. The van der Waals surface area contributed by atoms with Gasteiger partial charge in [-0.05, 0) is 35.2 Å². The number of aliphatic carboxylic acids is 1. The fraction of sp³-hybridized carbons (Fsp3) is 0.133. The predicted molar refractivity (Wildman–Crippen MR) is 79.5 cm³/mol. The summed E-state index contributed by atoms with van der Waals surface area (Å²) in [5, 5.41) is 10.5. The van der Waals surface area contributed by atoms with Crippen LogP contribution in [0.3, 0.4) is 0 Å². The van der Waals surface area contributed by atoms with Gasteiger partial charge in [0.1, 0.15) is 5.82 Å². The van der Waals surface area contributed by atoms with Crippen molar-refractivity contribution in [3.63, 3.8) is 0 Å². The van der Waals surface area contributed by atoms with Crippen molar-refractivity contribution in [2.45, 2.75) is 6.54 Å². The molecule has 20 heavy (non-hydrogen) atoms. The number of para-hydroxylation sites is 1. The number of halogens is 1. The van der Waals surface area contributed by atoms with Crippen LogP contribution in [-0.4, -0.2) is 18.1 Å². The van der Waals surface area contributed by atoms with E-state index in [1.165, 1.54) is 17.4 Å². The van der Waals surface area contributed by atoms with E-state index in [-0.39, 0.29) is 5.82 Å². The molecule has 1 heterocycles. The molecule has 0 radical (unpaired) electrons. The second-order valence-electron chi connectivity index (χ2n) is 4.33. The third-order valence-corrected chi connectivity index (χ3v) is 3.69. The summed E-state index contributed by atoms with van der Waals surface area (Å²) in [6.45, 7) is 0.576.